The van der Waals surface area contributed by atoms with Gasteiger partial charge in [0.15, 0.2) is 6.10 Å². The third-order valence-electron chi connectivity index (χ3n) is 6.09. The number of hydrogen-bond donors (Lipinski definition) is 0. The van der Waals surface area contributed by atoms with Crippen molar-refractivity contribution in [2.24, 2.45) is 7.05 Å². The molecule has 2 aromatic carbocycles. The number of thioether (sulfide) groups is 1. The SMILES string of the molecule is CCOC(=O)c1c(CSc2ccc(F)cc2)n(C)c2cc(Br)c(OC3CC[N+](C)(C)C3)cc12.[I-]. The second-order valence-corrected chi connectivity index (χ2v) is 10.9. The molecule has 9 heteroatoms. The lowest BCUT2D eigenvalue weighted by atomic mass is 10.1. The summed E-state index contributed by atoms with van der Waals surface area (Å²) in [5.41, 5.74) is 2.35. The number of nitrogens with zero attached hydrogens (tertiary/aromatic N) is 2. The summed E-state index contributed by atoms with van der Waals surface area (Å²) in [4.78, 5) is 14.0. The molecule has 0 N–H and O–H groups in total. The van der Waals surface area contributed by atoms with Crippen LogP contribution in [0, 0.1) is 5.82 Å². The summed E-state index contributed by atoms with van der Waals surface area (Å²) in [6, 6.07) is 10.3. The second kappa shape index (κ2) is 11.2. The van der Waals surface area contributed by atoms with Gasteiger partial charge in [0.2, 0.25) is 0 Å². The fourth-order valence-electron chi connectivity index (χ4n) is 4.37. The van der Waals surface area contributed by atoms with E-state index in [1.165, 1.54) is 12.1 Å². The van der Waals surface area contributed by atoms with Crippen LogP contribution in [0.5, 0.6) is 5.75 Å². The quantitative estimate of drug-likeness (QED) is 0.169. The molecule has 3 aromatic rings. The van der Waals surface area contributed by atoms with E-state index < -0.39 is 0 Å². The van der Waals surface area contributed by atoms with Crippen molar-refractivity contribution in [2.75, 3.05) is 33.8 Å². The molecular formula is C25H29BrFIN2O3S. The van der Waals surface area contributed by atoms with Crippen LogP contribution < -0.4 is 28.7 Å². The molecule has 1 saturated heterocycles. The Morgan fingerprint density at radius 2 is 1.97 bits per heavy atom. The monoisotopic (exact) mass is 662 g/mol. The van der Waals surface area contributed by atoms with Gasteiger partial charge in [0.25, 0.3) is 0 Å². The van der Waals surface area contributed by atoms with E-state index in [-0.39, 0.29) is 41.9 Å². The highest BCUT2D eigenvalue weighted by Crippen LogP contribution is 2.38. The Kier molecular flexibility index (Phi) is 8.97. The molecule has 0 bridgehead atoms. The van der Waals surface area contributed by atoms with Gasteiger partial charge < -0.3 is 42.5 Å². The van der Waals surface area contributed by atoms with Gasteiger partial charge in [0, 0.05) is 35.2 Å². The molecule has 0 aliphatic carbocycles. The molecular weight excluding hydrogens is 634 g/mol. The first-order valence-electron chi connectivity index (χ1n) is 11.0. The standard InChI is InChI=1S/C25H29BrFN2O3S.HI/c1-5-31-25(30)24-19-12-23(32-17-10-11-29(3,4)14-17)20(26)13-21(19)28(2)22(24)15-33-18-8-6-16(27)7-9-18;/h6-9,12-13,17H,5,10-11,14-15H2,1-4H3;1H/q+1;/p-1. The number of carbonyl (C=O) groups is 1. The third-order valence-corrected chi connectivity index (χ3v) is 7.73. The number of halogens is 3. The van der Waals surface area contributed by atoms with Crippen LogP contribution in [0.3, 0.4) is 0 Å². The van der Waals surface area contributed by atoms with Gasteiger partial charge in [-0.3, -0.25) is 0 Å². The van der Waals surface area contributed by atoms with E-state index in [4.69, 9.17) is 9.47 Å². The summed E-state index contributed by atoms with van der Waals surface area (Å²) < 4.78 is 28.9. The lowest BCUT2D eigenvalue weighted by Gasteiger charge is -2.23. The fourth-order valence-corrected chi connectivity index (χ4v) is 5.76. The van der Waals surface area contributed by atoms with Crippen LogP contribution in [-0.4, -0.2) is 54.9 Å². The Morgan fingerprint density at radius 1 is 1.26 bits per heavy atom. The van der Waals surface area contributed by atoms with E-state index in [2.05, 4.69) is 30.0 Å². The van der Waals surface area contributed by atoms with Gasteiger partial charge in [-0.25, -0.2) is 9.18 Å². The van der Waals surface area contributed by atoms with Crippen LogP contribution in [-0.2, 0) is 17.5 Å². The van der Waals surface area contributed by atoms with E-state index >= 15 is 0 Å². The molecule has 1 aromatic heterocycles. The predicted octanol–water partition coefficient (Wildman–Crippen LogP) is 2.78. The number of esters is 1. The Hall–Kier alpha value is -1.30. The van der Waals surface area contributed by atoms with Gasteiger partial charge in [-0.05, 0) is 59.3 Å². The van der Waals surface area contributed by atoms with Gasteiger partial charge in [-0.2, -0.15) is 0 Å². The van der Waals surface area contributed by atoms with Crippen LogP contribution in [0.25, 0.3) is 10.9 Å². The highest BCUT2D eigenvalue weighted by atomic mass is 127. The number of ether oxygens (including phenoxy) is 2. The first-order valence-corrected chi connectivity index (χ1v) is 12.8. The summed E-state index contributed by atoms with van der Waals surface area (Å²) in [6.07, 6.45) is 1.13. The molecule has 0 saturated carbocycles. The average Bonchev–Trinajstić information content (AvgIpc) is 3.24. The van der Waals surface area contributed by atoms with Crippen molar-refractivity contribution in [3.05, 3.63) is 57.9 Å². The Labute approximate surface area is 229 Å². The summed E-state index contributed by atoms with van der Waals surface area (Å²) >= 11 is 5.23. The summed E-state index contributed by atoms with van der Waals surface area (Å²) in [7, 11) is 6.38. The van der Waals surface area contributed by atoms with Crippen LogP contribution >= 0.6 is 27.7 Å². The lowest BCUT2D eigenvalue weighted by molar-refractivity contribution is -0.879. The molecule has 0 radical (unpaired) electrons. The van der Waals surface area contributed by atoms with Crippen molar-refractivity contribution in [1.82, 2.24) is 4.57 Å². The molecule has 1 unspecified atom stereocenters. The molecule has 1 aliphatic rings. The van der Waals surface area contributed by atoms with Gasteiger partial charge in [0.05, 0.1) is 42.8 Å². The van der Waals surface area contributed by atoms with Crippen LogP contribution in [0.2, 0.25) is 0 Å². The van der Waals surface area contributed by atoms with E-state index in [1.54, 1.807) is 30.8 Å². The van der Waals surface area contributed by atoms with Crippen molar-refractivity contribution < 1.29 is 47.1 Å². The number of hydrogen-bond acceptors (Lipinski definition) is 4. The summed E-state index contributed by atoms with van der Waals surface area (Å²) in [5, 5.41) is 0.815. The molecule has 2 heterocycles. The Morgan fingerprint density at radius 3 is 2.59 bits per heavy atom. The summed E-state index contributed by atoms with van der Waals surface area (Å²) in [5.74, 6) is 0.679. The number of fused-ring (bicyclic) bond motifs is 1. The van der Waals surface area contributed by atoms with E-state index in [1.807, 2.05) is 23.7 Å². The van der Waals surface area contributed by atoms with Gasteiger partial charge in [-0.15, -0.1) is 11.8 Å². The largest absolute Gasteiger partial charge is 1.00 e. The molecule has 0 spiro atoms. The molecule has 34 heavy (non-hydrogen) atoms. The zero-order valence-corrected chi connectivity index (χ0v) is 24.3. The van der Waals surface area contributed by atoms with Crippen LogP contribution in [0.1, 0.15) is 29.4 Å². The topological polar surface area (TPSA) is 40.5 Å². The summed E-state index contributed by atoms with van der Waals surface area (Å²) in [6.45, 7) is 4.13. The van der Waals surface area contributed by atoms with Crippen molar-refractivity contribution in [3.8, 4) is 5.75 Å². The molecule has 1 aliphatic heterocycles. The number of likely N-dealkylation sites (N-methyl/N-ethyl adjacent to an activating group) is 1. The third kappa shape index (κ3) is 5.91. The maximum Gasteiger partial charge on any atom is 0.340 e. The van der Waals surface area contributed by atoms with Crippen LogP contribution in [0.4, 0.5) is 4.39 Å². The number of quaternary nitrogens is 1. The Bertz CT molecular complexity index is 1180. The second-order valence-electron chi connectivity index (χ2n) is 9.01. The fraction of sp³-hybridized carbons (Fsp3) is 0.400. The molecule has 1 fully saturated rings. The predicted molar refractivity (Wildman–Crippen MR) is 133 cm³/mol. The van der Waals surface area contributed by atoms with E-state index in [9.17, 15) is 9.18 Å². The van der Waals surface area contributed by atoms with E-state index in [0.29, 0.717) is 17.9 Å². The molecule has 0 amide bonds. The van der Waals surface area contributed by atoms with Gasteiger partial charge in [-0.1, -0.05) is 0 Å². The molecule has 184 valence electrons. The van der Waals surface area contributed by atoms with Crippen molar-refractivity contribution in [1.29, 1.82) is 0 Å². The number of likely N-dealkylation sites (tertiary alicyclic amines) is 1. The molecule has 5 nitrogen and oxygen atoms in total. The minimum atomic E-state index is -0.343. The molecule has 4 rings (SSSR count). The zero-order valence-electron chi connectivity index (χ0n) is 19.7. The lowest BCUT2D eigenvalue weighted by Crippen LogP contribution is -3.00. The maximum absolute atomic E-state index is 13.3. The number of rotatable bonds is 7. The molecule has 1 atom stereocenters. The highest BCUT2D eigenvalue weighted by molar-refractivity contribution is 9.10. The van der Waals surface area contributed by atoms with Crippen molar-refractivity contribution in [3.63, 3.8) is 0 Å². The van der Waals surface area contributed by atoms with Crippen LogP contribution in [0.15, 0.2) is 45.8 Å². The maximum atomic E-state index is 13.3. The number of aromatic nitrogens is 1. The van der Waals surface area contributed by atoms with Gasteiger partial charge in [0.1, 0.15) is 18.1 Å². The van der Waals surface area contributed by atoms with Crippen molar-refractivity contribution in [2.45, 2.75) is 30.1 Å². The Balaban J connectivity index is 0.00000324. The number of aryl methyl sites for hydroxylation is 1. The highest BCUT2D eigenvalue weighted by Gasteiger charge is 2.33. The first kappa shape index (κ1) is 27.3. The smallest absolute Gasteiger partial charge is 0.340 e. The van der Waals surface area contributed by atoms with Gasteiger partial charge >= 0.3 is 5.97 Å². The van der Waals surface area contributed by atoms with Crippen molar-refractivity contribution >= 4 is 44.6 Å². The average molecular weight is 663 g/mol. The number of benzene rings is 2. The number of carbonyl (C=O) groups excluding carboxylic acids is 1. The minimum absolute atomic E-state index is 0. The van der Waals surface area contributed by atoms with E-state index in [0.717, 1.165) is 55.7 Å². The first-order chi connectivity index (χ1) is 15.7. The normalized spacial score (nSPS) is 16.9. The zero-order chi connectivity index (χ0) is 23.8. The minimum Gasteiger partial charge on any atom is -1.00 e.